The first kappa shape index (κ1) is 22.5. The third kappa shape index (κ3) is 5.19. The molecule has 1 aliphatic carbocycles. The minimum atomic E-state index is -0.320. The second-order valence-electron chi connectivity index (χ2n) is 7.52. The van der Waals surface area contributed by atoms with Crippen molar-refractivity contribution in [1.82, 2.24) is 0 Å². The van der Waals surface area contributed by atoms with Gasteiger partial charge in [-0.05, 0) is 26.2 Å². The molecule has 0 amide bonds. The van der Waals surface area contributed by atoms with Crippen LogP contribution in [0.1, 0.15) is 47.0 Å². The van der Waals surface area contributed by atoms with Crippen molar-refractivity contribution in [3.05, 3.63) is 89.1 Å². The van der Waals surface area contributed by atoms with E-state index in [1.165, 1.54) is 17.8 Å². The Balaban J connectivity index is 1.85. The molecule has 0 N–H and O–H groups in total. The number of carbonyl (C=O) groups excluding carboxylic acids is 2. The Labute approximate surface area is 196 Å². The van der Waals surface area contributed by atoms with Crippen LogP contribution in [-0.2, 0) is 16.0 Å². The monoisotopic (exact) mass is 464 g/mol. The third-order valence-electron chi connectivity index (χ3n) is 5.26. The molecule has 1 atom stereocenters. The molecule has 1 unspecified atom stereocenters. The average Bonchev–Trinajstić information content (AvgIpc) is 3.17. The molecule has 6 heteroatoms. The highest BCUT2D eigenvalue weighted by Crippen LogP contribution is 2.42. The van der Waals surface area contributed by atoms with E-state index in [1.807, 2.05) is 65.5 Å². The first-order chi connectivity index (χ1) is 15.7. The normalized spacial score (nSPS) is 15.5. The number of ketones is 1. The van der Waals surface area contributed by atoms with Crippen molar-refractivity contribution in [2.75, 3.05) is 6.61 Å². The van der Waals surface area contributed by atoms with Gasteiger partial charge in [0.15, 0.2) is 12.4 Å². The number of hydrogen-bond donors (Lipinski definition) is 0. The predicted octanol–water partition coefficient (Wildman–Crippen LogP) is 5.56. The summed E-state index contributed by atoms with van der Waals surface area (Å²) < 4.78 is 8.33. The van der Waals surface area contributed by atoms with Crippen LogP contribution in [0.3, 0.4) is 0 Å². The predicted molar refractivity (Wildman–Crippen MR) is 129 cm³/mol. The van der Waals surface area contributed by atoms with Gasteiger partial charge in [0.2, 0.25) is 11.5 Å². The van der Waals surface area contributed by atoms with E-state index >= 15 is 0 Å². The van der Waals surface area contributed by atoms with Gasteiger partial charge < -0.3 is 4.74 Å². The fourth-order valence-electron chi connectivity index (χ4n) is 3.76. The number of esters is 1. The Kier molecular flexibility index (Phi) is 7.55. The molecule has 0 aliphatic heterocycles. The van der Waals surface area contributed by atoms with Crippen molar-refractivity contribution < 1.29 is 18.9 Å². The lowest BCUT2D eigenvalue weighted by Crippen LogP contribution is -2.31. The van der Waals surface area contributed by atoms with Gasteiger partial charge in [0.25, 0.3) is 0 Å². The molecule has 0 bridgehead atoms. The molecule has 0 radical (unpaired) electrons. The lowest BCUT2D eigenvalue weighted by Gasteiger charge is -2.14. The van der Waals surface area contributed by atoms with Crippen LogP contribution in [0.4, 0.5) is 0 Å². The van der Waals surface area contributed by atoms with Crippen molar-refractivity contribution in [3.8, 4) is 5.69 Å². The zero-order valence-corrected chi connectivity index (χ0v) is 19.7. The second-order valence-corrected chi connectivity index (χ2v) is 10.0. The van der Waals surface area contributed by atoms with Crippen LogP contribution in [0, 0.1) is 0 Å². The quantitative estimate of drug-likeness (QED) is 0.189. The van der Waals surface area contributed by atoms with Gasteiger partial charge in [0, 0.05) is 22.9 Å². The number of benzene rings is 1. The molecule has 32 heavy (non-hydrogen) atoms. The number of nitrogens with zero attached hydrogens (tertiary/aromatic N) is 1. The molecule has 2 aromatic heterocycles. The van der Waals surface area contributed by atoms with Crippen LogP contribution in [0.15, 0.2) is 77.3 Å². The maximum absolute atomic E-state index is 13.5. The summed E-state index contributed by atoms with van der Waals surface area (Å²) in [6.45, 7) is 2.11. The van der Waals surface area contributed by atoms with E-state index in [2.05, 4.69) is 12.2 Å². The number of thiophene rings is 1. The van der Waals surface area contributed by atoms with Gasteiger partial charge in [-0.2, -0.15) is 4.57 Å². The molecule has 3 aromatic rings. The Morgan fingerprint density at radius 2 is 1.88 bits per heavy atom. The van der Waals surface area contributed by atoms with Crippen LogP contribution < -0.4 is 4.57 Å². The van der Waals surface area contributed by atoms with Crippen molar-refractivity contribution in [2.45, 2.75) is 42.1 Å². The second kappa shape index (κ2) is 10.7. The van der Waals surface area contributed by atoms with E-state index in [0.717, 1.165) is 28.3 Å². The Hall–Kier alpha value is -2.70. The highest BCUT2D eigenvalue weighted by atomic mass is 32.2. The standard InChI is InChI=1S/C26H26NO3S2/c1-2-30-22(28)18-21-23(27-16-10-5-11-17-27)26(31-20-14-8-4-9-15-20)32-25(21)24(29)19-12-6-3-7-13-19/h3,5-8,10-14,16-17,20H,2,4,9,15,18H2,1H3/q+1. The summed E-state index contributed by atoms with van der Waals surface area (Å²) in [5, 5.41) is 0.362. The van der Waals surface area contributed by atoms with Crippen molar-refractivity contribution in [2.24, 2.45) is 0 Å². The first-order valence-corrected chi connectivity index (χ1v) is 12.6. The minimum Gasteiger partial charge on any atom is -0.466 e. The summed E-state index contributed by atoms with van der Waals surface area (Å²) in [6.07, 6.45) is 11.9. The van der Waals surface area contributed by atoms with Gasteiger partial charge in [-0.25, -0.2) is 0 Å². The zero-order chi connectivity index (χ0) is 22.3. The zero-order valence-electron chi connectivity index (χ0n) is 18.0. The number of pyridine rings is 1. The maximum atomic E-state index is 13.5. The van der Waals surface area contributed by atoms with E-state index < -0.39 is 0 Å². The highest BCUT2D eigenvalue weighted by molar-refractivity contribution is 8.02. The van der Waals surface area contributed by atoms with Crippen LogP contribution in [0.5, 0.6) is 0 Å². The summed E-state index contributed by atoms with van der Waals surface area (Å²) >= 11 is 3.27. The largest absolute Gasteiger partial charge is 0.466 e. The van der Waals surface area contributed by atoms with E-state index in [-0.39, 0.29) is 18.2 Å². The van der Waals surface area contributed by atoms with Crippen molar-refractivity contribution in [3.63, 3.8) is 0 Å². The van der Waals surface area contributed by atoms with Crippen LogP contribution in [-0.4, -0.2) is 23.6 Å². The molecular formula is C26H26NO3S2+. The van der Waals surface area contributed by atoms with Gasteiger partial charge in [-0.1, -0.05) is 48.6 Å². The fraction of sp³-hybridized carbons (Fsp3) is 0.269. The van der Waals surface area contributed by atoms with Crippen LogP contribution in [0.2, 0.25) is 0 Å². The van der Waals surface area contributed by atoms with E-state index in [0.29, 0.717) is 22.3 Å². The molecule has 0 saturated carbocycles. The lowest BCUT2D eigenvalue weighted by molar-refractivity contribution is -0.598. The first-order valence-electron chi connectivity index (χ1n) is 10.9. The maximum Gasteiger partial charge on any atom is 0.310 e. The average molecular weight is 465 g/mol. The molecular weight excluding hydrogens is 438 g/mol. The van der Waals surface area contributed by atoms with Gasteiger partial charge in [0.1, 0.15) is 4.21 Å². The fourth-order valence-corrected chi connectivity index (χ4v) is 6.68. The number of allylic oxidation sites excluding steroid dienone is 1. The molecule has 1 aliphatic rings. The number of rotatable bonds is 8. The summed E-state index contributed by atoms with van der Waals surface area (Å²) in [7, 11) is 0. The van der Waals surface area contributed by atoms with E-state index in [4.69, 9.17) is 4.74 Å². The topological polar surface area (TPSA) is 47.3 Å². The number of thioether (sulfide) groups is 1. The van der Waals surface area contributed by atoms with Crippen LogP contribution >= 0.6 is 23.1 Å². The lowest BCUT2D eigenvalue weighted by atomic mass is 10.0. The number of carbonyl (C=O) groups is 2. The molecule has 4 rings (SSSR count). The third-order valence-corrected chi connectivity index (χ3v) is 7.92. The Morgan fingerprint density at radius 3 is 2.56 bits per heavy atom. The highest BCUT2D eigenvalue weighted by Gasteiger charge is 2.32. The number of hydrogen-bond acceptors (Lipinski definition) is 5. The summed E-state index contributed by atoms with van der Waals surface area (Å²) in [4.78, 5) is 26.7. The van der Waals surface area contributed by atoms with Gasteiger partial charge in [0.05, 0.1) is 23.5 Å². The van der Waals surface area contributed by atoms with Crippen molar-refractivity contribution >= 4 is 34.9 Å². The molecule has 0 fully saturated rings. The van der Waals surface area contributed by atoms with E-state index in [9.17, 15) is 9.59 Å². The van der Waals surface area contributed by atoms with Crippen molar-refractivity contribution in [1.29, 1.82) is 0 Å². The molecule has 0 spiro atoms. The smallest absolute Gasteiger partial charge is 0.310 e. The molecule has 0 saturated heterocycles. The molecule has 4 nitrogen and oxygen atoms in total. The summed E-state index contributed by atoms with van der Waals surface area (Å²) in [5.74, 6) is -0.377. The number of aromatic nitrogens is 1. The van der Waals surface area contributed by atoms with Gasteiger partial charge >= 0.3 is 5.97 Å². The van der Waals surface area contributed by atoms with Gasteiger partial charge in [-0.15, -0.1) is 23.1 Å². The molecule has 1 aromatic carbocycles. The molecule has 2 heterocycles. The minimum absolute atomic E-state index is 0.0567. The Bertz CT molecular complexity index is 1110. The SMILES string of the molecule is CCOC(=O)Cc1c(C(=O)c2ccccc2)sc(SC2C=CCCC2)c1-[n+]1ccccc1. The van der Waals surface area contributed by atoms with Gasteiger partial charge in [-0.3, -0.25) is 9.59 Å². The number of ether oxygens (including phenoxy) is 1. The van der Waals surface area contributed by atoms with E-state index in [1.54, 1.807) is 18.7 Å². The summed E-state index contributed by atoms with van der Waals surface area (Å²) in [6, 6.07) is 15.1. The van der Waals surface area contributed by atoms with Crippen LogP contribution in [0.25, 0.3) is 5.69 Å². The summed E-state index contributed by atoms with van der Waals surface area (Å²) in [5.41, 5.74) is 2.27. The molecule has 164 valence electrons. The Morgan fingerprint density at radius 1 is 1.12 bits per heavy atom.